The van der Waals surface area contributed by atoms with Crippen LogP contribution in [0.4, 0.5) is 4.39 Å². The molecule has 0 aromatic carbocycles. The third-order valence-corrected chi connectivity index (χ3v) is 2.52. The number of ether oxygens (including phenoxy) is 1. The van der Waals surface area contributed by atoms with Crippen molar-refractivity contribution in [3.05, 3.63) is 46.6 Å². The van der Waals surface area contributed by atoms with E-state index in [0.717, 1.165) is 6.07 Å². The number of carbonyl (C=O) groups excluding carboxylic acids is 1. The number of pyridine rings is 2. The van der Waals surface area contributed by atoms with E-state index in [1.165, 1.54) is 18.6 Å². The Balaban J connectivity index is 2.37. The highest BCUT2D eigenvalue weighted by Gasteiger charge is 2.11. The van der Waals surface area contributed by atoms with Gasteiger partial charge in [0.05, 0.1) is 11.2 Å². The summed E-state index contributed by atoms with van der Waals surface area (Å²) in [5.74, 6) is -0.626. The van der Waals surface area contributed by atoms with Crippen LogP contribution in [0.15, 0.2) is 24.7 Å². The maximum absolute atomic E-state index is 13.5. The van der Waals surface area contributed by atoms with E-state index in [4.69, 9.17) is 16.3 Å². The normalized spacial score (nSPS) is 10.2. The summed E-state index contributed by atoms with van der Waals surface area (Å²) in [5, 5.41) is 0.177. The molecule has 0 saturated heterocycles. The Bertz CT molecular complexity index is 605. The average Bonchev–Trinajstić information content (AvgIpc) is 2.35. The third kappa shape index (κ3) is 2.46. The molecule has 0 amide bonds. The zero-order valence-electron chi connectivity index (χ0n) is 9.35. The van der Waals surface area contributed by atoms with Gasteiger partial charge in [0, 0.05) is 23.5 Å². The Labute approximate surface area is 107 Å². The van der Waals surface area contributed by atoms with Crippen LogP contribution in [0, 0.1) is 12.7 Å². The molecular formula is C12H8ClFN2O2. The van der Waals surface area contributed by atoms with E-state index in [2.05, 4.69) is 9.97 Å². The minimum atomic E-state index is -0.682. The molecular weight excluding hydrogens is 259 g/mol. The fourth-order valence-electron chi connectivity index (χ4n) is 1.32. The number of rotatable bonds is 3. The predicted molar refractivity (Wildman–Crippen MR) is 63.6 cm³/mol. The van der Waals surface area contributed by atoms with Gasteiger partial charge in [-0.05, 0) is 13.0 Å². The van der Waals surface area contributed by atoms with Crippen LogP contribution < -0.4 is 4.74 Å². The molecule has 2 aromatic heterocycles. The third-order valence-electron chi connectivity index (χ3n) is 2.32. The van der Waals surface area contributed by atoms with Crippen molar-refractivity contribution in [2.24, 2.45) is 0 Å². The molecule has 0 unspecified atom stereocenters. The molecule has 2 heterocycles. The summed E-state index contributed by atoms with van der Waals surface area (Å²) in [6.07, 6.45) is 4.71. The molecule has 2 aromatic rings. The SMILES string of the molecule is Cc1c(C=O)cncc1Oc1ncc(Cl)cc1F. The van der Waals surface area contributed by atoms with Gasteiger partial charge in [-0.25, -0.2) is 9.37 Å². The van der Waals surface area contributed by atoms with Crippen molar-refractivity contribution < 1.29 is 13.9 Å². The van der Waals surface area contributed by atoms with E-state index < -0.39 is 5.82 Å². The molecule has 0 N–H and O–H groups in total. The maximum Gasteiger partial charge on any atom is 0.256 e. The van der Waals surface area contributed by atoms with Gasteiger partial charge in [0.25, 0.3) is 5.88 Å². The second kappa shape index (κ2) is 5.10. The van der Waals surface area contributed by atoms with Crippen LogP contribution in [0.1, 0.15) is 15.9 Å². The topological polar surface area (TPSA) is 52.1 Å². The first-order chi connectivity index (χ1) is 8.61. The summed E-state index contributed by atoms with van der Waals surface area (Å²) >= 11 is 5.58. The molecule has 0 aliphatic heterocycles. The lowest BCUT2D eigenvalue weighted by Gasteiger charge is -2.08. The Morgan fingerprint density at radius 3 is 2.83 bits per heavy atom. The molecule has 4 nitrogen and oxygen atoms in total. The molecule has 0 saturated carbocycles. The predicted octanol–water partition coefficient (Wildman–Crippen LogP) is 3.18. The zero-order chi connectivity index (χ0) is 13.1. The summed E-state index contributed by atoms with van der Waals surface area (Å²) < 4.78 is 18.8. The summed E-state index contributed by atoms with van der Waals surface area (Å²) in [6, 6.07) is 1.09. The van der Waals surface area contributed by atoms with Crippen molar-refractivity contribution in [1.82, 2.24) is 9.97 Å². The van der Waals surface area contributed by atoms with Crippen LogP contribution in [0.25, 0.3) is 0 Å². The van der Waals surface area contributed by atoms with Crippen molar-refractivity contribution in [2.75, 3.05) is 0 Å². The van der Waals surface area contributed by atoms with Crippen LogP contribution in [-0.2, 0) is 0 Å². The highest BCUT2D eigenvalue weighted by Crippen LogP contribution is 2.27. The molecule has 2 rings (SSSR count). The van der Waals surface area contributed by atoms with Gasteiger partial charge in [0.1, 0.15) is 0 Å². The highest BCUT2D eigenvalue weighted by atomic mass is 35.5. The van der Waals surface area contributed by atoms with Crippen molar-refractivity contribution in [1.29, 1.82) is 0 Å². The minimum absolute atomic E-state index is 0.177. The van der Waals surface area contributed by atoms with Gasteiger partial charge in [0.15, 0.2) is 17.9 Å². The quantitative estimate of drug-likeness (QED) is 0.801. The number of hydrogen-bond acceptors (Lipinski definition) is 4. The van der Waals surface area contributed by atoms with E-state index in [-0.39, 0.29) is 16.7 Å². The standard InChI is InChI=1S/C12H8ClFN2O2/c1-7-8(6-17)3-15-5-11(7)18-12-10(14)2-9(13)4-16-12/h2-6H,1H3. The van der Waals surface area contributed by atoms with Gasteiger partial charge in [-0.1, -0.05) is 11.6 Å². The Morgan fingerprint density at radius 2 is 2.17 bits per heavy atom. The van der Waals surface area contributed by atoms with Gasteiger partial charge in [-0.3, -0.25) is 9.78 Å². The first-order valence-electron chi connectivity index (χ1n) is 5.00. The second-order valence-corrected chi connectivity index (χ2v) is 3.95. The Kier molecular flexibility index (Phi) is 3.53. The van der Waals surface area contributed by atoms with Crippen LogP contribution in [0.2, 0.25) is 5.02 Å². The van der Waals surface area contributed by atoms with Gasteiger partial charge in [0.2, 0.25) is 0 Å². The van der Waals surface area contributed by atoms with Gasteiger partial charge < -0.3 is 4.74 Å². The lowest BCUT2D eigenvalue weighted by atomic mass is 10.2. The largest absolute Gasteiger partial charge is 0.435 e. The molecule has 0 aliphatic carbocycles. The zero-order valence-corrected chi connectivity index (χ0v) is 10.1. The maximum atomic E-state index is 13.5. The van der Waals surface area contributed by atoms with Gasteiger partial charge in [-0.15, -0.1) is 0 Å². The molecule has 0 spiro atoms. The van der Waals surface area contributed by atoms with E-state index in [0.29, 0.717) is 17.4 Å². The summed E-state index contributed by atoms with van der Waals surface area (Å²) in [6.45, 7) is 1.68. The number of nitrogens with zero attached hydrogens (tertiary/aromatic N) is 2. The number of halogens is 2. The fraction of sp³-hybridized carbons (Fsp3) is 0.0833. The summed E-state index contributed by atoms with van der Waals surface area (Å²) in [5.41, 5.74) is 0.943. The van der Waals surface area contributed by atoms with Crippen molar-refractivity contribution >= 4 is 17.9 Å². The smallest absolute Gasteiger partial charge is 0.256 e. The first-order valence-corrected chi connectivity index (χ1v) is 5.38. The average molecular weight is 267 g/mol. The molecule has 92 valence electrons. The van der Waals surface area contributed by atoms with E-state index >= 15 is 0 Å². The highest BCUT2D eigenvalue weighted by molar-refractivity contribution is 6.30. The summed E-state index contributed by atoms with van der Waals surface area (Å²) in [4.78, 5) is 18.3. The molecule has 18 heavy (non-hydrogen) atoms. The molecule has 0 aliphatic rings. The van der Waals surface area contributed by atoms with Crippen molar-refractivity contribution in [3.63, 3.8) is 0 Å². The molecule has 0 radical (unpaired) electrons. The van der Waals surface area contributed by atoms with E-state index in [1.54, 1.807) is 6.92 Å². The number of carbonyl (C=O) groups is 1. The minimum Gasteiger partial charge on any atom is -0.435 e. The second-order valence-electron chi connectivity index (χ2n) is 3.51. The van der Waals surface area contributed by atoms with Crippen LogP contribution >= 0.6 is 11.6 Å². The summed E-state index contributed by atoms with van der Waals surface area (Å²) in [7, 11) is 0. The van der Waals surface area contributed by atoms with E-state index in [1.807, 2.05) is 0 Å². The molecule has 0 fully saturated rings. The molecule has 0 bridgehead atoms. The number of aromatic nitrogens is 2. The van der Waals surface area contributed by atoms with Crippen LogP contribution in [0.3, 0.4) is 0 Å². The van der Waals surface area contributed by atoms with Crippen molar-refractivity contribution in [3.8, 4) is 11.6 Å². The Hall–Kier alpha value is -2.01. The first kappa shape index (κ1) is 12.4. The molecule has 6 heteroatoms. The molecule has 0 atom stereocenters. The van der Waals surface area contributed by atoms with Gasteiger partial charge >= 0.3 is 0 Å². The number of aldehydes is 1. The monoisotopic (exact) mass is 266 g/mol. The van der Waals surface area contributed by atoms with Crippen LogP contribution in [0.5, 0.6) is 11.6 Å². The van der Waals surface area contributed by atoms with E-state index in [9.17, 15) is 9.18 Å². The van der Waals surface area contributed by atoms with Crippen LogP contribution in [-0.4, -0.2) is 16.3 Å². The lowest BCUT2D eigenvalue weighted by Crippen LogP contribution is -1.97. The fourth-order valence-corrected chi connectivity index (χ4v) is 1.47. The number of hydrogen-bond donors (Lipinski definition) is 0. The lowest BCUT2D eigenvalue weighted by molar-refractivity contribution is 0.112. The Morgan fingerprint density at radius 1 is 1.39 bits per heavy atom. The van der Waals surface area contributed by atoms with Crippen molar-refractivity contribution in [2.45, 2.75) is 6.92 Å². The van der Waals surface area contributed by atoms with Gasteiger partial charge in [-0.2, -0.15) is 0 Å².